The van der Waals surface area contributed by atoms with Crippen molar-refractivity contribution in [3.8, 4) is 11.4 Å². The van der Waals surface area contributed by atoms with E-state index in [1.54, 1.807) is 29.9 Å². The summed E-state index contributed by atoms with van der Waals surface area (Å²) in [6.45, 7) is 3.63. The maximum atomic E-state index is 13.1. The molecule has 1 unspecified atom stereocenters. The molecule has 0 fully saturated rings. The zero-order valence-corrected chi connectivity index (χ0v) is 16.0. The van der Waals surface area contributed by atoms with Gasteiger partial charge in [-0.3, -0.25) is 14.9 Å². The molecule has 0 aliphatic rings. The summed E-state index contributed by atoms with van der Waals surface area (Å²) in [5.74, 6) is -0.721. The summed E-state index contributed by atoms with van der Waals surface area (Å²) in [7, 11) is 1.33. The number of nitro benzene ring substituents is 1. The molecule has 150 valence electrons. The van der Waals surface area contributed by atoms with Gasteiger partial charge < -0.3 is 10.1 Å². The summed E-state index contributed by atoms with van der Waals surface area (Å²) in [5.41, 5.74) is 2.11. The molecule has 0 radical (unpaired) electrons. The lowest BCUT2D eigenvalue weighted by Gasteiger charge is -2.14. The Morgan fingerprint density at radius 3 is 2.59 bits per heavy atom. The predicted molar refractivity (Wildman–Crippen MR) is 104 cm³/mol. The van der Waals surface area contributed by atoms with Crippen LogP contribution < -0.4 is 10.1 Å². The number of nitrogens with one attached hydrogen (secondary N) is 1. The van der Waals surface area contributed by atoms with E-state index in [4.69, 9.17) is 4.74 Å². The number of nitro groups is 1. The molecule has 1 amide bonds. The van der Waals surface area contributed by atoms with Crippen molar-refractivity contribution in [3.63, 3.8) is 0 Å². The van der Waals surface area contributed by atoms with E-state index < -0.39 is 16.9 Å². The van der Waals surface area contributed by atoms with Crippen molar-refractivity contribution in [1.82, 2.24) is 15.1 Å². The minimum atomic E-state index is -0.601. The van der Waals surface area contributed by atoms with Crippen molar-refractivity contribution < 1.29 is 18.8 Å². The van der Waals surface area contributed by atoms with Gasteiger partial charge in [-0.1, -0.05) is 0 Å². The summed E-state index contributed by atoms with van der Waals surface area (Å²) in [5, 5.41) is 18.3. The number of carbonyl (C=O) groups is 1. The van der Waals surface area contributed by atoms with Gasteiger partial charge in [0.1, 0.15) is 5.82 Å². The number of methoxy groups -OCH3 is 1. The highest BCUT2D eigenvalue weighted by Gasteiger charge is 2.21. The smallest absolute Gasteiger partial charge is 0.311 e. The fourth-order valence-electron chi connectivity index (χ4n) is 3.02. The third-order valence-electron chi connectivity index (χ3n) is 4.57. The van der Waals surface area contributed by atoms with Crippen LogP contribution in [-0.4, -0.2) is 27.7 Å². The molecule has 1 N–H and O–H groups in total. The topological polar surface area (TPSA) is 99.3 Å². The van der Waals surface area contributed by atoms with E-state index in [2.05, 4.69) is 10.4 Å². The molecule has 1 atom stereocenters. The maximum Gasteiger partial charge on any atom is 0.311 e. The van der Waals surface area contributed by atoms with E-state index in [1.807, 2.05) is 6.92 Å². The normalized spacial score (nSPS) is 11.7. The van der Waals surface area contributed by atoms with Crippen LogP contribution in [0.25, 0.3) is 5.69 Å². The Bertz CT molecular complexity index is 1060. The van der Waals surface area contributed by atoms with Gasteiger partial charge in [-0.25, -0.2) is 9.07 Å². The van der Waals surface area contributed by atoms with Crippen LogP contribution in [0.3, 0.4) is 0 Å². The highest BCUT2D eigenvalue weighted by molar-refractivity contribution is 5.95. The van der Waals surface area contributed by atoms with Crippen molar-refractivity contribution >= 4 is 11.6 Å². The molecule has 0 saturated heterocycles. The van der Waals surface area contributed by atoms with Crippen LogP contribution in [0.4, 0.5) is 10.1 Å². The van der Waals surface area contributed by atoms with Crippen molar-refractivity contribution in [2.75, 3.05) is 7.11 Å². The summed E-state index contributed by atoms with van der Waals surface area (Å²) >= 11 is 0. The minimum Gasteiger partial charge on any atom is -0.490 e. The molecule has 1 aromatic heterocycles. The number of carbonyl (C=O) groups excluding carboxylic acids is 1. The number of hydrogen-bond donors (Lipinski definition) is 1. The van der Waals surface area contributed by atoms with Crippen LogP contribution in [0.1, 0.15) is 34.6 Å². The highest BCUT2D eigenvalue weighted by atomic mass is 19.1. The molecule has 29 heavy (non-hydrogen) atoms. The molecule has 2 aromatic carbocycles. The molecule has 8 nitrogen and oxygen atoms in total. The molecule has 0 bridgehead atoms. The van der Waals surface area contributed by atoms with Crippen LogP contribution in [-0.2, 0) is 0 Å². The van der Waals surface area contributed by atoms with Gasteiger partial charge in [-0.2, -0.15) is 5.10 Å². The van der Waals surface area contributed by atoms with Crippen LogP contribution in [0, 0.1) is 22.9 Å². The van der Waals surface area contributed by atoms with Crippen LogP contribution in [0.5, 0.6) is 5.75 Å². The average Bonchev–Trinajstić information content (AvgIpc) is 3.09. The number of halogens is 1. The van der Waals surface area contributed by atoms with Gasteiger partial charge in [-0.15, -0.1) is 0 Å². The van der Waals surface area contributed by atoms with Gasteiger partial charge in [0.15, 0.2) is 5.75 Å². The maximum absolute atomic E-state index is 13.1. The third-order valence-corrected chi connectivity index (χ3v) is 4.57. The Hall–Kier alpha value is -3.75. The van der Waals surface area contributed by atoms with Crippen LogP contribution in [0.2, 0.25) is 0 Å². The average molecular weight is 398 g/mol. The third kappa shape index (κ3) is 4.08. The second-order valence-electron chi connectivity index (χ2n) is 6.41. The number of hydrogen-bond acceptors (Lipinski definition) is 5. The second-order valence-corrected chi connectivity index (χ2v) is 6.41. The van der Waals surface area contributed by atoms with E-state index in [0.717, 1.165) is 11.3 Å². The van der Waals surface area contributed by atoms with Crippen LogP contribution in [0.15, 0.2) is 48.7 Å². The van der Waals surface area contributed by atoms with E-state index in [0.29, 0.717) is 5.69 Å². The Balaban J connectivity index is 1.81. The van der Waals surface area contributed by atoms with Gasteiger partial charge in [0, 0.05) is 22.9 Å². The van der Waals surface area contributed by atoms with E-state index >= 15 is 0 Å². The van der Waals surface area contributed by atoms with Crippen molar-refractivity contribution in [3.05, 3.63) is 81.4 Å². The van der Waals surface area contributed by atoms with Crippen molar-refractivity contribution in [2.45, 2.75) is 19.9 Å². The Kier molecular flexibility index (Phi) is 5.58. The minimum absolute atomic E-state index is 0.0796. The zero-order chi connectivity index (χ0) is 21.1. The molecule has 0 spiro atoms. The molecule has 9 heteroatoms. The Morgan fingerprint density at radius 2 is 1.97 bits per heavy atom. The number of nitrogens with zero attached hydrogens (tertiary/aromatic N) is 3. The van der Waals surface area contributed by atoms with Gasteiger partial charge in [0.2, 0.25) is 0 Å². The molecule has 0 aliphatic carbocycles. The summed E-state index contributed by atoms with van der Waals surface area (Å²) in [6.07, 6.45) is 1.63. The molecule has 0 aliphatic heterocycles. The molecule has 3 aromatic rings. The lowest BCUT2D eigenvalue weighted by atomic mass is 10.1. The Labute approximate surface area is 166 Å². The fraction of sp³-hybridized carbons (Fsp3) is 0.200. The first-order chi connectivity index (χ1) is 13.8. The fourth-order valence-corrected chi connectivity index (χ4v) is 3.02. The summed E-state index contributed by atoms with van der Waals surface area (Å²) in [6, 6.07) is 9.53. The van der Waals surface area contributed by atoms with Crippen molar-refractivity contribution in [1.29, 1.82) is 0 Å². The van der Waals surface area contributed by atoms with E-state index in [1.165, 1.54) is 37.4 Å². The lowest BCUT2D eigenvalue weighted by molar-refractivity contribution is -0.385. The Morgan fingerprint density at radius 1 is 1.28 bits per heavy atom. The van der Waals surface area contributed by atoms with Crippen LogP contribution >= 0.6 is 0 Å². The number of aromatic nitrogens is 2. The zero-order valence-electron chi connectivity index (χ0n) is 16.0. The predicted octanol–water partition coefficient (Wildman–Crippen LogP) is 3.73. The van der Waals surface area contributed by atoms with Gasteiger partial charge in [-0.05, 0) is 50.2 Å². The first kappa shape index (κ1) is 20.0. The first-order valence-electron chi connectivity index (χ1n) is 8.75. The van der Waals surface area contributed by atoms with E-state index in [9.17, 15) is 19.3 Å². The standard InChI is InChI=1S/C20H19FN4O4/c1-12(17-11-22-24(13(17)2)16-7-5-15(21)6-8-16)23-20(26)14-4-9-19(29-3)18(10-14)25(27)28/h4-12H,1-3H3,(H,23,26). The molecule has 1 heterocycles. The number of ether oxygens (including phenoxy) is 1. The summed E-state index contributed by atoms with van der Waals surface area (Å²) in [4.78, 5) is 23.1. The second kappa shape index (κ2) is 8.09. The quantitative estimate of drug-likeness (QED) is 0.504. The number of amides is 1. The van der Waals surface area contributed by atoms with Gasteiger partial charge in [0.25, 0.3) is 5.91 Å². The first-order valence-corrected chi connectivity index (χ1v) is 8.75. The van der Waals surface area contributed by atoms with Crippen molar-refractivity contribution in [2.24, 2.45) is 0 Å². The molecular formula is C20H19FN4O4. The highest BCUT2D eigenvalue weighted by Crippen LogP contribution is 2.28. The summed E-state index contributed by atoms with van der Waals surface area (Å²) < 4.78 is 19.7. The largest absolute Gasteiger partial charge is 0.490 e. The SMILES string of the molecule is COc1ccc(C(=O)NC(C)c2cnn(-c3ccc(F)cc3)c2C)cc1[N+](=O)[O-]. The van der Waals surface area contributed by atoms with E-state index in [-0.39, 0.29) is 22.8 Å². The number of rotatable bonds is 6. The number of benzene rings is 2. The molecule has 3 rings (SSSR count). The van der Waals surface area contributed by atoms with Gasteiger partial charge >= 0.3 is 5.69 Å². The molecular weight excluding hydrogens is 379 g/mol. The van der Waals surface area contributed by atoms with Gasteiger partial charge in [0.05, 0.1) is 30.0 Å². The molecule has 0 saturated carbocycles. The monoisotopic (exact) mass is 398 g/mol. The lowest BCUT2D eigenvalue weighted by Crippen LogP contribution is -2.27.